The van der Waals surface area contributed by atoms with E-state index in [1.165, 1.54) is 37.4 Å². The van der Waals surface area contributed by atoms with Crippen molar-refractivity contribution in [3.8, 4) is 0 Å². The van der Waals surface area contributed by atoms with Crippen molar-refractivity contribution in [1.82, 2.24) is 0 Å². The highest BCUT2D eigenvalue weighted by Gasteiger charge is 2.49. The second kappa shape index (κ2) is 7.59. The van der Waals surface area contributed by atoms with Crippen LogP contribution in [0.15, 0.2) is 29.3 Å². The molecule has 3 aliphatic rings. The predicted octanol–water partition coefficient (Wildman–Crippen LogP) is 3.57. The Morgan fingerprint density at radius 2 is 1.96 bits per heavy atom. The first-order chi connectivity index (χ1) is 12.9. The summed E-state index contributed by atoms with van der Waals surface area (Å²) in [6.45, 7) is 2.01. The molecule has 1 saturated carbocycles. The summed E-state index contributed by atoms with van der Waals surface area (Å²) in [7, 11) is -3.03. The van der Waals surface area contributed by atoms with Crippen molar-refractivity contribution in [1.29, 1.82) is 0 Å². The molecule has 0 spiro atoms. The van der Waals surface area contributed by atoms with Gasteiger partial charge in [0.05, 0.1) is 17.5 Å². The van der Waals surface area contributed by atoms with Gasteiger partial charge < -0.3 is 4.90 Å². The van der Waals surface area contributed by atoms with Crippen molar-refractivity contribution in [2.75, 3.05) is 16.4 Å². The molecule has 0 bridgehead atoms. The van der Waals surface area contributed by atoms with Crippen molar-refractivity contribution in [3.63, 3.8) is 0 Å². The summed E-state index contributed by atoms with van der Waals surface area (Å²) in [5, 5.41) is 0.626. The Morgan fingerprint density at radius 1 is 1.22 bits per heavy atom. The van der Waals surface area contributed by atoms with Crippen LogP contribution in [0.25, 0.3) is 0 Å². The molecule has 0 N–H and O–H groups in total. The van der Waals surface area contributed by atoms with E-state index in [9.17, 15) is 13.2 Å². The minimum absolute atomic E-state index is 0.0454. The van der Waals surface area contributed by atoms with Crippen LogP contribution in [0.2, 0.25) is 0 Å². The summed E-state index contributed by atoms with van der Waals surface area (Å²) in [5.74, 6) is 0.891. The van der Waals surface area contributed by atoms with Crippen LogP contribution in [-0.4, -0.2) is 42.3 Å². The van der Waals surface area contributed by atoms with E-state index in [2.05, 4.69) is 4.99 Å². The average Bonchev–Trinajstić information content (AvgIpc) is 3.29. The van der Waals surface area contributed by atoms with Crippen LogP contribution in [0.3, 0.4) is 0 Å². The maximum absolute atomic E-state index is 12.5. The number of aliphatic imine (C=N–C) groups is 1. The first-order valence-electron chi connectivity index (χ1n) is 9.76. The summed E-state index contributed by atoms with van der Waals surface area (Å²) >= 11 is 1.46. The quantitative estimate of drug-likeness (QED) is 0.765. The Bertz CT molecular complexity index is 860. The topological polar surface area (TPSA) is 66.8 Å². The maximum Gasteiger partial charge on any atom is 0.248 e. The number of aryl methyl sites for hydroxylation is 1. The highest BCUT2D eigenvalue weighted by Crippen LogP contribution is 2.42. The molecule has 1 aromatic rings. The van der Waals surface area contributed by atoms with Crippen LogP contribution in [0, 0.1) is 12.8 Å². The molecular weight excluding hydrogens is 380 g/mol. The van der Waals surface area contributed by atoms with Gasteiger partial charge in [-0.15, -0.1) is 0 Å². The Morgan fingerprint density at radius 3 is 2.70 bits per heavy atom. The minimum atomic E-state index is -3.03. The lowest BCUT2D eigenvalue weighted by molar-refractivity contribution is -0.118. The standard InChI is InChI=1S/C20H26N2O3S2/c1-14-6-2-5-9-16(14)22-17-12-27(24,25)13-18(17)26-20(22)21-19(23)11-10-15-7-3-4-8-15/h2,5-6,9,15,17-18H,3-4,7-8,10-13H2,1H3/t17-,18+/m0/s1. The third-order valence-corrected chi connectivity index (χ3v) is 9.11. The fourth-order valence-electron chi connectivity index (χ4n) is 4.47. The molecule has 5 nitrogen and oxygen atoms in total. The molecule has 146 valence electrons. The lowest BCUT2D eigenvalue weighted by Crippen LogP contribution is -2.38. The lowest BCUT2D eigenvalue weighted by Gasteiger charge is -2.26. The molecule has 7 heteroatoms. The van der Waals surface area contributed by atoms with Crippen molar-refractivity contribution in [3.05, 3.63) is 29.8 Å². The Balaban J connectivity index is 1.57. The number of hydrogen-bond donors (Lipinski definition) is 0. The number of carbonyl (C=O) groups excluding carboxylic acids is 1. The van der Waals surface area contributed by atoms with Crippen molar-refractivity contribution >= 4 is 38.4 Å². The second-order valence-corrected chi connectivity index (χ2v) is 11.3. The summed E-state index contributed by atoms with van der Waals surface area (Å²) in [5.41, 5.74) is 2.02. The number of rotatable bonds is 4. The number of fused-ring (bicyclic) bond motifs is 1. The molecule has 1 aliphatic carbocycles. The van der Waals surface area contributed by atoms with Gasteiger partial charge in [-0.25, -0.2) is 8.42 Å². The van der Waals surface area contributed by atoms with E-state index in [0.717, 1.165) is 17.7 Å². The number of nitrogens with zero attached hydrogens (tertiary/aromatic N) is 2. The zero-order chi connectivity index (χ0) is 19.0. The van der Waals surface area contributed by atoms with Crippen LogP contribution in [0.5, 0.6) is 0 Å². The molecule has 4 rings (SSSR count). The van der Waals surface area contributed by atoms with E-state index >= 15 is 0 Å². The fraction of sp³-hybridized carbons (Fsp3) is 0.600. The molecule has 1 aromatic carbocycles. The van der Waals surface area contributed by atoms with Crippen molar-refractivity contribution in [2.45, 2.75) is 56.7 Å². The smallest absolute Gasteiger partial charge is 0.248 e. The monoisotopic (exact) mass is 406 g/mol. The Hall–Kier alpha value is -1.34. The molecule has 2 heterocycles. The van der Waals surface area contributed by atoms with E-state index in [0.29, 0.717) is 17.5 Å². The Labute approximate surface area is 165 Å². The van der Waals surface area contributed by atoms with Gasteiger partial charge in [0.2, 0.25) is 5.91 Å². The van der Waals surface area contributed by atoms with Gasteiger partial charge in [0.25, 0.3) is 0 Å². The molecule has 0 radical (unpaired) electrons. The number of amides is 1. The SMILES string of the molecule is Cc1ccccc1N1C(=NC(=O)CCC2CCCC2)S[C@@H]2CS(=O)(=O)C[C@@H]21. The van der Waals surface area contributed by atoms with Crippen LogP contribution in [0.1, 0.15) is 44.1 Å². The summed E-state index contributed by atoms with van der Waals surface area (Å²) < 4.78 is 24.3. The number of carbonyl (C=O) groups is 1. The van der Waals surface area contributed by atoms with E-state index in [4.69, 9.17) is 0 Å². The Kier molecular flexibility index (Phi) is 5.34. The summed E-state index contributed by atoms with van der Waals surface area (Å²) in [6, 6.07) is 7.78. The normalized spacial score (nSPS) is 28.8. The second-order valence-electron chi connectivity index (χ2n) is 7.93. The molecule has 0 unspecified atom stereocenters. The van der Waals surface area contributed by atoms with E-state index in [-0.39, 0.29) is 28.7 Å². The minimum Gasteiger partial charge on any atom is -0.315 e. The molecular formula is C20H26N2O3S2. The first-order valence-corrected chi connectivity index (χ1v) is 12.5. The van der Waals surface area contributed by atoms with Gasteiger partial charge >= 0.3 is 0 Å². The maximum atomic E-state index is 12.5. The zero-order valence-corrected chi connectivity index (χ0v) is 17.3. The molecule has 3 fully saturated rings. The average molecular weight is 407 g/mol. The van der Waals surface area contributed by atoms with E-state index in [1.54, 1.807) is 0 Å². The first kappa shape index (κ1) is 19.0. The zero-order valence-electron chi connectivity index (χ0n) is 15.6. The highest BCUT2D eigenvalue weighted by molar-refractivity contribution is 8.16. The van der Waals surface area contributed by atoms with Gasteiger partial charge in [0, 0.05) is 17.4 Å². The predicted molar refractivity (Wildman–Crippen MR) is 111 cm³/mol. The number of hydrogen-bond acceptors (Lipinski definition) is 4. The van der Waals surface area contributed by atoms with Gasteiger partial charge in [0.15, 0.2) is 15.0 Å². The fourth-order valence-corrected chi connectivity index (χ4v) is 8.39. The van der Waals surface area contributed by atoms with Gasteiger partial charge in [-0.3, -0.25) is 4.79 Å². The summed E-state index contributed by atoms with van der Waals surface area (Å²) in [6.07, 6.45) is 6.44. The van der Waals surface area contributed by atoms with Gasteiger partial charge in [-0.2, -0.15) is 4.99 Å². The van der Waals surface area contributed by atoms with Crippen LogP contribution >= 0.6 is 11.8 Å². The van der Waals surface area contributed by atoms with Gasteiger partial charge in [-0.1, -0.05) is 55.6 Å². The number of benzene rings is 1. The number of sulfone groups is 1. The van der Waals surface area contributed by atoms with E-state index in [1.807, 2.05) is 36.1 Å². The van der Waals surface area contributed by atoms with Crippen LogP contribution < -0.4 is 4.90 Å². The van der Waals surface area contributed by atoms with E-state index < -0.39 is 9.84 Å². The molecule has 27 heavy (non-hydrogen) atoms. The van der Waals surface area contributed by atoms with Crippen molar-refractivity contribution in [2.24, 2.45) is 10.9 Å². The molecule has 2 saturated heterocycles. The molecule has 1 amide bonds. The number of anilines is 1. The molecule has 2 atom stereocenters. The van der Waals surface area contributed by atoms with Crippen molar-refractivity contribution < 1.29 is 13.2 Å². The number of para-hydroxylation sites is 1. The van der Waals surface area contributed by atoms with Crippen LogP contribution in [0.4, 0.5) is 5.69 Å². The number of thioether (sulfide) groups is 1. The third kappa shape index (κ3) is 4.09. The largest absolute Gasteiger partial charge is 0.315 e. The third-order valence-electron chi connectivity index (χ3n) is 5.90. The van der Waals surface area contributed by atoms with Crippen LogP contribution in [-0.2, 0) is 14.6 Å². The highest BCUT2D eigenvalue weighted by atomic mass is 32.2. The van der Waals surface area contributed by atoms with Gasteiger partial charge in [-0.05, 0) is 30.9 Å². The number of amidine groups is 1. The summed E-state index contributed by atoms with van der Waals surface area (Å²) in [4.78, 5) is 19.0. The lowest BCUT2D eigenvalue weighted by atomic mass is 10.0. The molecule has 2 aliphatic heterocycles. The van der Waals surface area contributed by atoms with Gasteiger partial charge in [0.1, 0.15) is 0 Å². The molecule has 0 aromatic heterocycles.